The number of nitrogens with one attached hydrogen (secondary N) is 1. The monoisotopic (exact) mass is 258 g/mol. The first-order valence-corrected chi connectivity index (χ1v) is 5.29. The van der Waals surface area contributed by atoms with Crippen molar-refractivity contribution in [2.45, 2.75) is 13.0 Å². The lowest BCUT2D eigenvalue weighted by Gasteiger charge is -2.12. The van der Waals surface area contributed by atoms with E-state index in [1.54, 1.807) is 6.92 Å². The number of benzene rings is 1. The minimum absolute atomic E-state index is 0.0931. The van der Waals surface area contributed by atoms with Crippen molar-refractivity contribution >= 4 is 34.7 Å². The van der Waals surface area contributed by atoms with E-state index in [0.717, 1.165) is 0 Å². The Morgan fingerprint density at radius 1 is 1.62 bits per heavy atom. The number of aromatic hydroxyl groups is 1. The van der Waals surface area contributed by atoms with Crippen molar-refractivity contribution < 1.29 is 9.90 Å². The van der Waals surface area contributed by atoms with Crippen LogP contribution in [0.3, 0.4) is 0 Å². The summed E-state index contributed by atoms with van der Waals surface area (Å²) in [6.07, 6.45) is 0. The zero-order valence-electron chi connectivity index (χ0n) is 8.53. The number of hydrogen-bond acceptors (Lipinski definition) is 3. The number of hydrogen-bond donors (Lipinski definition) is 3. The molecule has 1 atom stereocenters. The normalized spacial score (nSPS) is 11.9. The van der Waals surface area contributed by atoms with E-state index in [9.17, 15) is 9.90 Å². The average Bonchev–Trinajstić information content (AvgIpc) is 2.21. The van der Waals surface area contributed by atoms with E-state index in [-0.39, 0.29) is 16.3 Å². The van der Waals surface area contributed by atoms with Crippen LogP contribution in [0.2, 0.25) is 5.02 Å². The molecule has 6 heteroatoms. The molecule has 0 radical (unpaired) electrons. The molecule has 1 aromatic carbocycles. The summed E-state index contributed by atoms with van der Waals surface area (Å²) in [5.41, 5.74) is 5.45. The van der Waals surface area contributed by atoms with Gasteiger partial charge in [-0.1, -0.05) is 23.8 Å². The lowest BCUT2D eigenvalue weighted by atomic mass is 10.1. The summed E-state index contributed by atoms with van der Waals surface area (Å²) in [7, 11) is 0. The first-order valence-electron chi connectivity index (χ1n) is 4.50. The van der Waals surface area contributed by atoms with E-state index in [1.165, 1.54) is 18.2 Å². The quantitative estimate of drug-likeness (QED) is 0.718. The van der Waals surface area contributed by atoms with Crippen molar-refractivity contribution in [2.75, 3.05) is 0 Å². The summed E-state index contributed by atoms with van der Waals surface area (Å²) in [5.74, 6) is -0.614. The van der Waals surface area contributed by atoms with Crippen LogP contribution in [0.4, 0.5) is 0 Å². The fraction of sp³-hybridized carbons (Fsp3) is 0.200. The minimum Gasteiger partial charge on any atom is -0.507 e. The van der Waals surface area contributed by atoms with Gasteiger partial charge >= 0.3 is 0 Å². The molecule has 1 unspecified atom stereocenters. The predicted molar refractivity (Wildman–Crippen MR) is 66.8 cm³/mol. The number of halogens is 1. The Bertz CT molecular complexity index is 437. The predicted octanol–water partition coefficient (Wildman–Crippen LogP) is 1.45. The van der Waals surface area contributed by atoms with Crippen LogP contribution >= 0.6 is 23.8 Å². The molecule has 0 aromatic heterocycles. The Morgan fingerprint density at radius 2 is 2.25 bits per heavy atom. The zero-order valence-corrected chi connectivity index (χ0v) is 10.1. The molecule has 0 saturated carbocycles. The maximum absolute atomic E-state index is 11.7. The molecule has 0 saturated heterocycles. The standard InChI is InChI=1S/C10H11ClN2O2S/c1-5(9(12)16)13-10(15)7-4-6(11)2-3-8(7)14/h2-5,14H,1H3,(H2,12,16)(H,13,15). The molecule has 4 nitrogen and oxygen atoms in total. The molecule has 1 amide bonds. The smallest absolute Gasteiger partial charge is 0.255 e. The van der Waals surface area contributed by atoms with Crippen molar-refractivity contribution in [3.05, 3.63) is 28.8 Å². The fourth-order valence-corrected chi connectivity index (χ4v) is 1.27. The second-order valence-corrected chi connectivity index (χ2v) is 4.17. The van der Waals surface area contributed by atoms with Crippen molar-refractivity contribution in [1.29, 1.82) is 0 Å². The molecule has 4 N–H and O–H groups in total. The van der Waals surface area contributed by atoms with Gasteiger partial charge < -0.3 is 16.2 Å². The van der Waals surface area contributed by atoms with Crippen LogP contribution in [-0.4, -0.2) is 22.0 Å². The molecule has 0 heterocycles. The first kappa shape index (κ1) is 12.7. The highest BCUT2D eigenvalue weighted by Gasteiger charge is 2.15. The van der Waals surface area contributed by atoms with Crippen LogP contribution < -0.4 is 11.1 Å². The molecule has 1 rings (SSSR count). The number of carbonyl (C=O) groups is 1. The summed E-state index contributed by atoms with van der Waals surface area (Å²) in [6, 6.07) is 3.77. The second kappa shape index (κ2) is 5.14. The third-order valence-corrected chi connectivity index (χ3v) is 2.57. The summed E-state index contributed by atoms with van der Waals surface area (Å²) < 4.78 is 0. The first-order chi connectivity index (χ1) is 7.41. The maximum Gasteiger partial charge on any atom is 0.255 e. The van der Waals surface area contributed by atoms with E-state index < -0.39 is 11.9 Å². The van der Waals surface area contributed by atoms with Crippen molar-refractivity contribution in [3.8, 4) is 5.75 Å². The molecule has 0 aliphatic carbocycles. The van der Waals surface area contributed by atoms with E-state index >= 15 is 0 Å². The molecule has 0 aliphatic heterocycles. The lowest BCUT2D eigenvalue weighted by molar-refractivity contribution is 0.0946. The van der Waals surface area contributed by atoms with E-state index in [1.807, 2.05) is 0 Å². The highest BCUT2D eigenvalue weighted by atomic mass is 35.5. The Hall–Kier alpha value is -1.33. The van der Waals surface area contributed by atoms with Gasteiger partial charge in [-0.15, -0.1) is 0 Å². The third kappa shape index (κ3) is 3.08. The van der Waals surface area contributed by atoms with Gasteiger partial charge in [0.2, 0.25) is 0 Å². The molecule has 0 spiro atoms. The molecular weight excluding hydrogens is 248 g/mol. The molecule has 16 heavy (non-hydrogen) atoms. The molecule has 1 aromatic rings. The minimum atomic E-state index is -0.472. The van der Waals surface area contributed by atoms with E-state index in [4.69, 9.17) is 29.6 Å². The Morgan fingerprint density at radius 3 is 2.81 bits per heavy atom. The topological polar surface area (TPSA) is 75.3 Å². The van der Waals surface area contributed by atoms with Gasteiger partial charge in [-0.3, -0.25) is 4.79 Å². The third-order valence-electron chi connectivity index (χ3n) is 1.98. The number of phenolic OH excluding ortho intramolecular Hbond substituents is 1. The van der Waals surface area contributed by atoms with Gasteiger partial charge in [-0.05, 0) is 25.1 Å². The van der Waals surface area contributed by atoms with Gasteiger partial charge in [0, 0.05) is 5.02 Å². The highest BCUT2D eigenvalue weighted by Crippen LogP contribution is 2.21. The molecule has 86 valence electrons. The van der Waals surface area contributed by atoms with E-state index in [2.05, 4.69) is 5.32 Å². The summed E-state index contributed by atoms with van der Waals surface area (Å²) in [4.78, 5) is 11.9. The van der Waals surface area contributed by atoms with Gasteiger partial charge in [0.25, 0.3) is 5.91 Å². The fourth-order valence-electron chi connectivity index (χ4n) is 1.04. The Labute approximate surface area is 103 Å². The number of phenols is 1. The van der Waals surface area contributed by atoms with Crippen molar-refractivity contribution in [2.24, 2.45) is 5.73 Å². The molecule has 0 aliphatic rings. The number of carbonyl (C=O) groups excluding carboxylic acids is 1. The summed E-state index contributed by atoms with van der Waals surface area (Å²) >= 11 is 10.4. The van der Waals surface area contributed by atoms with Gasteiger partial charge in [0.05, 0.1) is 16.6 Å². The van der Waals surface area contributed by atoms with Crippen LogP contribution in [0.15, 0.2) is 18.2 Å². The molecular formula is C10H11ClN2O2S. The van der Waals surface area contributed by atoms with Crippen LogP contribution in [0, 0.1) is 0 Å². The van der Waals surface area contributed by atoms with Crippen molar-refractivity contribution in [1.82, 2.24) is 5.32 Å². The number of thiocarbonyl (C=S) groups is 1. The maximum atomic E-state index is 11.7. The van der Waals surface area contributed by atoms with Gasteiger partial charge in [-0.2, -0.15) is 0 Å². The zero-order chi connectivity index (χ0) is 12.3. The Kier molecular flexibility index (Phi) is 4.09. The number of nitrogens with two attached hydrogens (primary N) is 1. The number of rotatable bonds is 3. The Balaban J connectivity index is 2.88. The van der Waals surface area contributed by atoms with Crippen LogP contribution in [0.25, 0.3) is 0 Å². The van der Waals surface area contributed by atoms with Crippen LogP contribution in [0.1, 0.15) is 17.3 Å². The van der Waals surface area contributed by atoms with Gasteiger partial charge in [0.1, 0.15) is 5.75 Å². The van der Waals surface area contributed by atoms with Gasteiger partial charge in [0.15, 0.2) is 0 Å². The highest BCUT2D eigenvalue weighted by molar-refractivity contribution is 7.80. The summed E-state index contributed by atoms with van der Waals surface area (Å²) in [5, 5.41) is 12.4. The SMILES string of the molecule is CC(NC(=O)c1cc(Cl)ccc1O)C(N)=S. The summed E-state index contributed by atoms with van der Waals surface area (Å²) in [6.45, 7) is 1.65. The van der Waals surface area contributed by atoms with E-state index in [0.29, 0.717) is 5.02 Å². The molecule has 0 fully saturated rings. The van der Waals surface area contributed by atoms with Crippen LogP contribution in [0.5, 0.6) is 5.75 Å². The number of amides is 1. The van der Waals surface area contributed by atoms with Crippen LogP contribution in [-0.2, 0) is 0 Å². The van der Waals surface area contributed by atoms with Crippen molar-refractivity contribution in [3.63, 3.8) is 0 Å². The molecule has 0 bridgehead atoms. The lowest BCUT2D eigenvalue weighted by Crippen LogP contribution is -2.41. The second-order valence-electron chi connectivity index (χ2n) is 3.26. The average molecular weight is 259 g/mol. The largest absolute Gasteiger partial charge is 0.507 e. The van der Waals surface area contributed by atoms with Gasteiger partial charge in [-0.25, -0.2) is 0 Å².